The lowest BCUT2D eigenvalue weighted by Gasteiger charge is -2.38. The van der Waals surface area contributed by atoms with Gasteiger partial charge in [0.05, 0.1) is 0 Å². The summed E-state index contributed by atoms with van der Waals surface area (Å²) in [6.45, 7) is 16.6. The summed E-state index contributed by atoms with van der Waals surface area (Å²) < 4.78 is 0. The molecule has 0 fully saturated rings. The first-order valence-corrected chi connectivity index (χ1v) is 7.66. The molecule has 0 aromatic heterocycles. The Bertz CT molecular complexity index is 156. The molecule has 2 atom stereocenters. The Morgan fingerprint density at radius 1 is 1.31 bits per heavy atom. The van der Waals surface area contributed by atoms with Gasteiger partial charge in [0.15, 0.2) is 8.24 Å². The van der Waals surface area contributed by atoms with Crippen molar-refractivity contribution < 1.29 is 0 Å². The van der Waals surface area contributed by atoms with E-state index in [1.165, 1.54) is 6.42 Å². The Morgan fingerprint density at radius 2 is 1.85 bits per heavy atom. The first kappa shape index (κ1) is 12.9. The van der Waals surface area contributed by atoms with Crippen molar-refractivity contribution in [2.24, 2.45) is 0 Å². The molecule has 0 saturated carbocycles. The maximum atomic E-state index is 4.04. The average molecular weight is 199 g/mol. The minimum absolute atomic E-state index is 0.736. The predicted molar refractivity (Wildman–Crippen MR) is 64.4 cm³/mol. The first-order valence-electron chi connectivity index (χ1n) is 5.43. The van der Waals surface area contributed by atoms with Gasteiger partial charge in [-0.05, 0) is 17.6 Å². The smallest absolute Gasteiger partial charge is 0.155 e. The summed E-state index contributed by atoms with van der Waals surface area (Å²) in [5.74, 6) is 0. The number of hydrogen-bond acceptors (Lipinski definition) is 1. The van der Waals surface area contributed by atoms with Crippen molar-refractivity contribution >= 4 is 8.24 Å². The quantitative estimate of drug-likeness (QED) is 0.646. The molecule has 0 amide bonds. The van der Waals surface area contributed by atoms with Crippen LogP contribution in [0.15, 0.2) is 12.3 Å². The van der Waals surface area contributed by atoms with E-state index in [-0.39, 0.29) is 0 Å². The van der Waals surface area contributed by atoms with Crippen LogP contribution in [0.4, 0.5) is 0 Å². The summed E-state index contributed by atoms with van der Waals surface area (Å²) >= 11 is 0. The molecule has 0 aromatic carbocycles. The van der Waals surface area contributed by atoms with Gasteiger partial charge >= 0.3 is 0 Å². The van der Waals surface area contributed by atoms with Crippen molar-refractivity contribution in [3.8, 4) is 0 Å². The number of rotatable bonds is 6. The summed E-state index contributed by atoms with van der Waals surface area (Å²) in [7, 11) is -1.44. The molecular formula is C11H25NSi. The van der Waals surface area contributed by atoms with E-state index in [4.69, 9.17) is 0 Å². The fourth-order valence-corrected chi connectivity index (χ4v) is 6.30. The second-order valence-electron chi connectivity index (χ2n) is 4.13. The highest BCUT2D eigenvalue weighted by Gasteiger charge is 2.37. The Morgan fingerprint density at radius 3 is 2.08 bits per heavy atom. The van der Waals surface area contributed by atoms with E-state index < -0.39 is 8.24 Å². The van der Waals surface area contributed by atoms with Crippen molar-refractivity contribution in [2.75, 3.05) is 6.54 Å². The van der Waals surface area contributed by atoms with Gasteiger partial charge in [0, 0.05) is 0 Å². The van der Waals surface area contributed by atoms with Crippen molar-refractivity contribution in [3.05, 3.63) is 12.3 Å². The molecule has 0 aliphatic rings. The van der Waals surface area contributed by atoms with Crippen molar-refractivity contribution in [1.82, 2.24) is 4.98 Å². The molecule has 0 saturated heterocycles. The fraction of sp³-hybridized carbons (Fsp3) is 0.818. The van der Waals surface area contributed by atoms with Gasteiger partial charge in [-0.15, -0.1) is 6.58 Å². The van der Waals surface area contributed by atoms with Gasteiger partial charge in [0.25, 0.3) is 0 Å². The zero-order chi connectivity index (χ0) is 10.5. The SMILES string of the molecule is C=C[Si](NCC)(C(C)C)C(C)CC. The van der Waals surface area contributed by atoms with Gasteiger partial charge in [-0.3, -0.25) is 0 Å². The topological polar surface area (TPSA) is 12.0 Å². The first-order chi connectivity index (χ1) is 6.05. The van der Waals surface area contributed by atoms with E-state index in [0.29, 0.717) is 0 Å². The summed E-state index contributed by atoms with van der Waals surface area (Å²) in [4.78, 5) is 3.72. The van der Waals surface area contributed by atoms with Gasteiger partial charge in [-0.1, -0.05) is 46.7 Å². The third-order valence-electron chi connectivity index (χ3n) is 3.20. The van der Waals surface area contributed by atoms with Crippen LogP contribution in [0.25, 0.3) is 0 Å². The molecule has 2 heteroatoms. The van der Waals surface area contributed by atoms with Crippen molar-refractivity contribution in [1.29, 1.82) is 0 Å². The summed E-state index contributed by atoms with van der Waals surface area (Å²) in [6.07, 6.45) is 1.25. The van der Waals surface area contributed by atoms with E-state index in [9.17, 15) is 0 Å². The molecule has 13 heavy (non-hydrogen) atoms. The molecule has 78 valence electrons. The second kappa shape index (κ2) is 5.61. The minimum atomic E-state index is -1.44. The Balaban J connectivity index is 4.73. The molecule has 1 N–H and O–H groups in total. The lowest BCUT2D eigenvalue weighted by molar-refractivity contribution is 0.757. The largest absolute Gasteiger partial charge is 0.334 e. The highest BCUT2D eigenvalue weighted by atomic mass is 28.3. The maximum Gasteiger partial charge on any atom is 0.155 e. The van der Waals surface area contributed by atoms with E-state index >= 15 is 0 Å². The van der Waals surface area contributed by atoms with E-state index in [0.717, 1.165) is 17.6 Å². The van der Waals surface area contributed by atoms with Crippen LogP contribution in [0.3, 0.4) is 0 Å². The highest BCUT2D eigenvalue weighted by Crippen LogP contribution is 2.32. The van der Waals surface area contributed by atoms with Crippen LogP contribution in [0.5, 0.6) is 0 Å². The van der Waals surface area contributed by atoms with Gasteiger partial charge < -0.3 is 4.98 Å². The summed E-state index contributed by atoms with van der Waals surface area (Å²) in [5, 5.41) is 0. The zero-order valence-corrected chi connectivity index (χ0v) is 10.9. The molecule has 0 aromatic rings. The molecule has 0 heterocycles. The van der Waals surface area contributed by atoms with Crippen molar-refractivity contribution in [2.45, 2.75) is 52.1 Å². The van der Waals surface area contributed by atoms with Crippen LogP contribution in [0, 0.1) is 0 Å². The van der Waals surface area contributed by atoms with Crippen LogP contribution in [0.1, 0.15) is 41.0 Å². The predicted octanol–water partition coefficient (Wildman–Crippen LogP) is 3.48. The van der Waals surface area contributed by atoms with E-state index in [2.05, 4.69) is 51.9 Å². The van der Waals surface area contributed by atoms with Crippen LogP contribution in [-0.4, -0.2) is 14.8 Å². The Hall–Kier alpha value is -0.0831. The van der Waals surface area contributed by atoms with Gasteiger partial charge in [0.1, 0.15) is 0 Å². The van der Waals surface area contributed by atoms with Crippen LogP contribution in [0.2, 0.25) is 11.1 Å². The third-order valence-corrected chi connectivity index (χ3v) is 8.80. The average Bonchev–Trinajstić information content (AvgIpc) is 2.12. The molecule has 2 unspecified atom stereocenters. The van der Waals surface area contributed by atoms with Gasteiger partial charge in [-0.25, -0.2) is 0 Å². The normalized spacial score (nSPS) is 18.3. The van der Waals surface area contributed by atoms with Crippen LogP contribution >= 0.6 is 0 Å². The lowest BCUT2D eigenvalue weighted by Crippen LogP contribution is -2.54. The van der Waals surface area contributed by atoms with E-state index in [1.54, 1.807) is 0 Å². The molecule has 0 aliphatic carbocycles. The minimum Gasteiger partial charge on any atom is -0.334 e. The second-order valence-corrected chi connectivity index (χ2v) is 8.90. The molecule has 0 bridgehead atoms. The molecule has 1 nitrogen and oxygen atoms in total. The third kappa shape index (κ3) is 2.68. The zero-order valence-electron chi connectivity index (χ0n) is 9.85. The van der Waals surface area contributed by atoms with Crippen LogP contribution in [-0.2, 0) is 0 Å². The molecule has 0 radical (unpaired) electrons. The number of nitrogens with one attached hydrogen (secondary N) is 1. The Labute approximate surface area is 84.7 Å². The monoisotopic (exact) mass is 199 g/mol. The molecule has 0 spiro atoms. The number of hydrogen-bond donors (Lipinski definition) is 1. The van der Waals surface area contributed by atoms with Gasteiger partial charge in [0.2, 0.25) is 0 Å². The Kier molecular flexibility index (Phi) is 5.57. The van der Waals surface area contributed by atoms with Crippen LogP contribution < -0.4 is 4.98 Å². The molecule has 0 rings (SSSR count). The summed E-state index contributed by atoms with van der Waals surface area (Å²) in [6, 6.07) is 0. The highest BCUT2D eigenvalue weighted by molar-refractivity contribution is 6.84. The lowest BCUT2D eigenvalue weighted by atomic mass is 10.4. The standard InChI is InChI=1S/C11H25NSi/c1-7-11(6)13(9-3,10(4)5)12-8-2/h9-12H,3,7-8H2,1-2,4-6H3. The maximum absolute atomic E-state index is 4.04. The summed E-state index contributed by atoms with van der Waals surface area (Å²) in [5.41, 5.74) is 3.75. The molecular weight excluding hydrogens is 174 g/mol. The molecule has 0 aliphatic heterocycles. The van der Waals surface area contributed by atoms with Crippen molar-refractivity contribution in [3.63, 3.8) is 0 Å². The van der Waals surface area contributed by atoms with E-state index in [1.807, 2.05) is 0 Å². The van der Waals surface area contributed by atoms with Gasteiger partial charge in [-0.2, -0.15) is 0 Å². The fourth-order valence-electron chi connectivity index (χ4n) is 2.10.